The van der Waals surface area contributed by atoms with E-state index < -0.39 is 12.0 Å². The summed E-state index contributed by atoms with van der Waals surface area (Å²) >= 11 is 0. The van der Waals surface area contributed by atoms with E-state index in [1.807, 2.05) is 25.1 Å². The molecule has 150 valence electrons. The summed E-state index contributed by atoms with van der Waals surface area (Å²) in [4.78, 5) is 11.0. The number of aliphatic carboxylic acids is 1. The maximum atomic E-state index is 14.9. The van der Waals surface area contributed by atoms with Gasteiger partial charge >= 0.3 is 5.97 Å². The highest BCUT2D eigenvalue weighted by Gasteiger charge is 2.14. The predicted molar refractivity (Wildman–Crippen MR) is 111 cm³/mol. The number of hydrogen-bond acceptors (Lipinski definition) is 3. The Balaban J connectivity index is 1.88. The number of nitrogens with two attached hydrogens (primary N) is 1. The van der Waals surface area contributed by atoms with Crippen molar-refractivity contribution in [1.82, 2.24) is 0 Å². The second kappa shape index (κ2) is 8.88. The molecule has 4 nitrogen and oxygen atoms in total. The second-order valence-electron chi connectivity index (χ2n) is 7.17. The zero-order valence-corrected chi connectivity index (χ0v) is 16.5. The predicted octanol–water partition coefficient (Wildman–Crippen LogP) is 5.03. The minimum atomic E-state index is -0.914. The quantitative estimate of drug-likeness (QED) is 0.591. The van der Waals surface area contributed by atoms with E-state index in [9.17, 15) is 9.18 Å². The van der Waals surface area contributed by atoms with Gasteiger partial charge in [-0.2, -0.15) is 0 Å². The molecular weight excluding hydrogens is 369 g/mol. The summed E-state index contributed by atoms with van der Waals surface area (Å²) in [6.45, 7) is 3.95. The van der Waals surface area contributed by atoms with E-state index in [0.29, 0.717) is 22.4 Å². The van der Waals surface area contributed by atoms with Crippen molar-refractivity contribution in [3.63, 3.8) is 0 Å². The van der Waals surface area contributed by atoms with Gasteiger partial charge in [0, 0.05) is 22.7 Å². The zero-order chi connectivity index (χ0) is 21.0. The summed E-state index contributed by atoms with van der Waals surface area (Å²) in [5.74, 6) is -0.696. The summed E-state index contributed by atoms with van der Waals surface area (Å²) in [6.07, 6.45) is -0.107. The Morgan fingerprint density at radius 2 is 1.90 bits per heavy atom. The van der Waals surface area contributed by atoms with Gasteiger partial charge in [0.05, 0.1) is 6.42 Å². The maximum absolute atomic E-state index is 14.9. The molecule has 0 saturated heterocycles. The summed E-state index contributed by atoms with van der Waals surface area (Å²) in [5.41, 5.74) is 10.1. The molecule has 3 aromatic carbocycles. The standard InChI is InChI=1S/C24H24FNO3/c1-15-10-17(14-29-22-9-4-3-6-18(22)13-23(27)28)12-19(11-15)21-8-5-7-20(16(2)26)24(21)25/h3-12,16H,13-14,26H2,1-2H3,(H,27,28)/t16-/m1/s1. The van der Waals surface area contributed by atoms with Gasteiger partial charge in [-0.05, 0) is 37.1 Å². The highest BCUT2D eigenvalue weighted by Crippen LogP contribution is 2.29. The van der Waals surface area contributed by atoms with Crippen LogP contribution < -0.4 is 10.5 Å². The molecule has 0 aliphatic heterocycles. The van der Waals surface area contributed by atoms with Crippen molar-refractivity contribution in [1.29, 1.82) is 0 Å². The normalized spacial score (nSPS) is 11.9. The fourth-order valence-electron chi connectivity index (χ4n) is 3.34. The largest absolute Gasteiger partial charge is 0.489 e. The average molecular weight is 393 g/mol. The van der Waals surface area contributed by atoms with Gasteiger partial charge in [0.1, 0.15) is 18.2 Å². The number of ether oxygens (including phenoxy) is 1. The molecule has 0 fully saturated rings. The number of hydrogen-bond donors (Lipinski definition) is 2. The second-order valence-corrected chi connectivity index (χ2v) is 7.17. The maximum Gasteiger partial charge on any atom is 0.307 e. The lowest BCUT2D eigenvalue weighted by Gasteiger charge is -2.14. The molecule has 5 heteroatoms. The molecule has 0 aliphatic rings. The van der Waals surface area contributed by atoms with Crippen molar-refractivity contribution in [2.45, 2.75) is 32.9 Å². The topological polar surface area (TPSA) is 72.5 Å². The van der Waals surface area contributed by atoms with Crippen LogP contribution in [0.1, 0.15) is 35.2 Å². The molecule has 0 radical (unpaired) electrons. The Hall–Kier alpha value is -3.18. The molecule has 29 heavy (non-hydrogen) atoms. The van der Waals surface area contributed by atoms with Crippen LogP contribution in [0.2, 0.25) is 0 Å². The number of carboxylic acids is 1. The Kier molecular flexibility index (Phi) is 6.29. The number of benzene rings is 3. The van der Waals surface area contributed by atoms with Gasteiger partial charge in [-0.3, -0.25) is 4.79 Å². The van der Waals surface area contributed by atoms with Crippen LogP contribution in [0.15, 0.2) is 60.7 Å². The molecule has 3 N–H and O–H groups in total. The smallest absolute Gasteiger partial charge is 0.307 e. The number of rotatable bonds is 7. The van der Waals surface area contributed by atoms with E-state index in [1.54, 1.807) is 49.4 Å². The van der Waals surface area contributed by atoms with Gasteiger partial charge in [0.2, 0.25) is 0 Å². The SMILES string of the molecule is Cc1cc(COc2ccccc2CC(=O)O)cc(-c2cccc([C@@H](C)N)c2F)c1. The minimum Gasteiger partial charge on any atom is -0.489 e. The summed E-state index contributed by atoms with van der Waals surface area (Å²) in [6, 6.07) is 17.7. The van der Waals surface area contributed by atoms with E-state index in [2.05, 4.69) is 0 Å². The highest BCUT2D eigenvalue weighted by atomic mass is 19.1. The molecule has 0 spiro atoms. The number of halogens is 1. The molecule has 0 amide bonds. The van der Waals surface area contributed by atoms with E-state index in [4.69, 9.17) is 15.6 Å². The number of para-hydroxylation sites is 1. The first kappa shape index (κ1) is 20.6. The molecule has 1 atom stereocenters. The fraction of sp³-hybridized carbons (Fsp3) is 0.208. The van der Waals surface area contributed by atoms with Crippen molar-refractivity contribution >= 4 is 5.97 Å². The zero-order valence-electron chi connectivity index (χ0n) is 16.5. The van der Waals surface area contributed by atoms with Crippen LogP contribution in [0.5, 0.6) is 5.75 Å². The lowest BCUT2D eigenvalue weighted by atomic mass is 9.96. The van der Waals surface area contributed by atoms with Crippen molar-refractivity contribution < 1.29 is 19.0 Å². The van der Waals surface area contributed by atoms with E-state index in [1.165, 1.54) is 0 Å². The first-order valence-corrected chi connectivity index (χ1v) is 9.42. The first-order chi connectivity index (χ1) is 13.8. The summed E-state index contributed by atoms with van der Waals surface area (Å²) < 4.78 is 20.8. The van der Waals surface area contributed by atoms with Crippen LogP contribution in [0.3, 0.4) is 0 Å². The van der Waals surface area contributed by atoms with Gasteiger partial charge in [-0.1, -0.05) is 54.1 Å². The monoisotopic (exact) mass is 393 g/mol. The van der Waals surface area contributed by atoms with Crippen LogP contribution in [0.4, 0.5) is 4.39 Å². The molecule has 0 aliphatic carbocycles. The van der Waals surface area contributed by atoms with Crippen molar-refractivity contribution in [3.05, 3.63) is 88.7 Å². The molecule has 0 saturated carbocycles. The van der Waals surface area contributed by atoms with Crippen LogP contribution >= 0.6 is 0 Å². The van der Waals surface area contributed by atoms with Crippen LogP contribution in [-0.4, -0.2) is 11.1 Å². The third kappa shape index (κ3) is 5.00. The molecule has 3 rings (SSSR count). The molecule has 0 bridgehead atoms. The summed E-state index contributed by atoms with van der Waals surface area (Å²) in [5, 5.41) is 9.06. The molecule has 0 heterocycles. The van der Waals surface area contributed by atoms with Crippen molar-refractivity contribution in [2.75, 3.05) is 0 Å². The Morgan fingerprint density at radius 3 is 2.62 bits per heavy atom. The lowest BCUT2D eigenvalue weighted by molar-refractivity contribution is -0.136. The molecule has 0 aromatic heterocycles. The van der Waals surface area contributed by atoms with Crippen LogP contribution in [0, 0.1) is 12.7 Å². The average Bonchev–Trinajstić information content (AvgIpc) is 2.66. The first-order valence-electron chi connectivity index (χ1n) is 9.42. The van der Waals surface area contributed by atoms with Crippen molar-refractivity contribution in [2.24, 2.45) is 5.73 Å². The van der Waals surface area contributed by atoms with Gasteiger partial charge in [0.15, 0.2) is 0 Å². The van der Waals surface area contributed by atoms with Crippen molar-refractivity contribution in [3.8, 4) is 16.9 Å². The third-order valence-electron chi connectivity index (χ3n) is 4.68. The molecule has 0 unspecified atom stereocenters. The Bertz CT molecular complexity index is 1030. The van der Waals surface area contributed by atoms with Crippen LogP contribution in [0.25, 0.3) is 11.1 Å². The Labute approximate surface area is 169 Å². The van der Waals surface area contributed by atoms with E-state index in [0.717, 1.165) is 16.7 Å². The van der Waals surface area contributed by atoms with E-state index in [-0.39, 0.29) is 18.8 Å². The van der Waals surface area contributed by atoms with Gasteiger partial charge in [-0.15, -0.1) is 0 Å². The van der Waals surface area contributed by atoms with Gasteiger partial charge in [-0.25, -0.2) is 4.39 Å². The van der Waals surface area contributed by atoms with Gasteiger partial charge < -0.3 is 15.6 Å². The number of carbonyl (C=O) groups is 1. The fourth-order valence-corrected chi connectivity index (χ4v) is 3.34. The van der Waals surface area contributed by atoms with Gasteiger partial charge in [0.25, 0.3) is 0 Å². The summed E-state index contributed by atoms with van der Waals surface area (Å²) in [7, 11) is 0. The lowest BCUT2D eigenvalue weighted by Crippen LogP contribution is -2.08. The minimum absolute atomic E-state index is 0.107. The Morgan fingerprint density at radius 1 is 1.14 bits per heavy atom. The third-order valence-corrected chi connectivity index (χ3v) is 4.68. The molecular formula is C24H24FNO3. The number of carboxylic acid groups (broad SMARTS) is 1. The van der Waals surface area contributed by atoms with Crippen LogP contribution in [-0.2, 0) is 17.8 Å². The highest BCUT2D eigenvalue weighted by molar-refractivity contribution is 5.71. The molecule has 3 aromatic rings. The number of aryl methyl sites for hydroxylation is 1. The van der Waals surface area contributed by atoms with E-state index >= 15 is 0 Å².